The molecule has 3 heterocycles. The van der Waals surface area contributed by atoms with Gasteiger partial charge in [-0.05, 0) is 61.8 Å². The topological polar surface area (TPSA) is 63.4 Å². The van der Waals surface area contributed by atoms with Crippen molar-refractivity contribution in [2.24, 2.45) is 0 Å². The van der Waals surface area contributed by atoms with Crippen LogP contribution in [0.2, 0.25) is 0 Å². The minimum Gasteiger partial charge on any atom is -0.376 e. The number of hydrogen-bond acceptors (Lipinski definition) is 5. The van der Waals surface area contributed by atoms with E-state index in [-0.39, 0.29) is 29.5 Å². The summed E-state index contributed by atoms with van der Waals surface area (Å²) in [7, 11) is 0. The zero-order chi connectivity index (χ0) is 22.9. The summed E-state index contributed by atoms with van der Waals surface area (Å²) in [5.41, 5.74) is 2.88. The summed E-state index contributed by atoms with van der Waals surface area (Å²) in [5, 5.41) is 7.97. The standard InChI is InChI=1S/C24H22F2N4O2S/c1-14-20(23-28-22(29-32-23)16-4-2-5-18(26)12-16)21(15-7-9-17(25)10-8-15)27-24(33)30(14)13-19-6-3-11-31-19/h2,4-5,7-10,12,19,21H,3,6,11,13H2,1H3,(H,27,33). The number of aromatic nitrogens is 2. The lowest BCUT2D eigenvalue weighted by atomic mass is 9.94. The fraction of sp³-hybridized carbons (Fsp3) is 0.292. The predicted molar refractivity (Wildman–Crippen MR) is 123 cm³/mol. The van der Waals surface area contributed by atoms with Crippen LogP contribution in [0.1, 0.15) is 37.3 Å². The largest absolute Gasteiger partial charge is 0.376 e. The van der Waals surface area contributed by atoms with Crippen molar-refractivity contribution in [3.05, 3.63) is 77.3 Å². The molecule has 5 rings (SSSR count). The highest BCUT2D eigenvalue weighted by atomic mass is 32.1. The Bertz CT molecular complexity index is 1210. The van der Waals surface area contributed by atoms with E-state index in [4.69, 9.17) is 21.5 Å². The van der Waals surface area contributed by atoms with Crippen molar-refractivity contribution in [1.29, 1.82) is 0 Å². The average molecular weight is 469 g/mol. The molecule has 1 aromatic heterocycles. The molecule has 2 aliphatic rings. The lowest BCUT2D eigenvalue weighted by Crippen LogP contribution is -2.48. The third-order valence-electron chi connectivity index (χ3n) is 5.95. The molecule has 0 saturated carbocycles. The molecule has 0 radical (unpaired) electrons. The molecule has 2 aromatic carbocycles. The summed E-state index contributed by atoms with van der Waals surface area (Å²) in [6.07, 6.45) is 2.06. The van der Waals surface area contributed by atoms with Gasteiger partial charge in [0.2, 0.25) is 5.82 Å². The zero-order valence-corrected chi connectivity index (χ0v) is 18.7. The van der Waals surface area contributed by atoms with Crippen LogP contribution in [-0.4, -0.2) is 39.4 Å². The molecule has 0 bridgehead atoms. The number of thiocarbonyl (C=S) groups is 1. The van der Waals surface area contributed by atoms with Crippen LogP contribution >= 0.6 is 12.2 Å². The van der Waals surface area contributed by atoms with Crippen molar-refractivity contribution in [2.45, 2.75) is 31.9 Å². The Morgan fingerprint density at radius 2 is 1.97 bits per heavy atom. The average Bonchev–Trinajstić information content (AvgIpc) is 3.49. The molecule has 0 amide bonds. The Morgan fingerprint density at radius 3 is 2.70 bits per heavy atom. The van der Waals surface area contributed by atoms with Gasteiger partial charge in [-0.3, -0.25) is 0 Å². The quantitative estimate of drug-likeness (QED) is 0.537. The number of benzene rings is 2. The molecule has 0 aliphatic carbocycles. The van der Waals surface area contributed by atoms with Crippen molar-refractivity contribution in [3.63, 3.8) is 0 Å². The van der Waals surface area contributed by atoms with Crippen LogP contribution in [0, 0.1) is 11.6 Å². The van der Waals surface area contributed by atoms with Gasteiger partial charge < -0.3 is 19.5 Å². The van der Waals surface area contributed by atoms with E-state index in [1.165, 1.54) is 24.3 Å². The molecule has 33 heavy (non-hydrogen) atoms. The Kier molecular flexibility index (Phi) is 5.90. The van der Waals surface area contributed by atoms with Gasteiger partial charge >= 0.3 is 0 Å². The summed E-state index contributed by atoms with van der Waals surface area (Å²) in [5.74, 6) is -0.147. The summed E-state index contributed by atoms with van der Waals surface area (Å²) in [6, 6.07) is 11.8. The third kappa shape index (κ3) is 4.38. The van der Waals surface area contributed by atoms with E-state index in [0.717, 1.165) is 36.3 Å². The van der Waals surface area contributed by atoms with Crippen LogP contribution in [0.25, 0.3) is 17.0 Å². The Hall–Kier alpha value is -3.17. The second kappa shape index (κ2) is 8.99. The number of rotatable bonds is 5. The highest BCUT2D eigenvalue weighted by Gasteiger charge is 2.35. The number of nitrogens with zero attached hydrogens (tertiary/aromatic N) is 3. The molecule has 1 saturated heterocycles. The number of nitrogens with one attached hydrogen (secondary N) is 1. The van der Waals surface area contributed by atoms with Crippen molar-refractivity contribution in [2.75, 3.05) is 13.2 Å². The van der Waals surface area contributed by atoms with Gasteiger partial charge in [-0.15, -0.1) is 0 Å². The van der Waals surface area contributed by atoms with Crippen LogP contribution in [0.5, 0.6) is 0 Å². The van der Waals surface area contributed by atoms with Crippen molar-refractivity contribution < 1.29 is 18.0 Å². The van der Waals surface area contributed by atoms with Crippen LogP contribution in [0.3, 0.4) is 0 Å². The maximum absolute atomic E-state index is 13.7. The number of hydrogen-bond donors (Lipinski definition) is 1. The van der Waals surface area contributed by atoms with E-state index >= 15 is 0 Å². The lowest BCUT2D eigenvalue weighted by Gasteiger charge is -2.38. The van der Waals surface area contributed by atoms with E-state index in [0.29, 0.717) is 17.2 Å². The second-order valence-corrected chi connectivity index (χ2v) is 8.50. The minimum absolute atomic E-state index is 0.0776. The van der Waals surface area contributed by atoms with E-state index in [1.54, 1.807) is 24.3 Å². The molecule has 1 N–H and O–H groups in total. The first-order chi connectivity index (χ1) is 16.0. The lowest BCUT2D eigenvalue weighted by molar-refractivity contribution is 0.0962. The molecule has 1 fully saturated rings. The molecule has 2 aliphatic heterocycles. The number of allylic oxidation sites excluding steroid dienone is 1. The highest BCUT2D eigenvalue weighted by Crippen LogP contribution is 2.38. The Labute approximate surface area is 195 Å². The molecule has 9 heteroatoms. The van der Waals surface area contributed by atoms with Gasteiger partial charge in [-0.25, -0.2) is 8.78 Å². The Balaban J connectivity index is 1.57. The Morgan fingerprint density at radius 1 is 1.15 bits per heavy atom. The van der Waals surface area contributed by atoms with Crippen LogP contribution in [0.15, 0.2) is 58.8 Å². The molecule has 0 spiro atoms. The van der Waals surface area contributed by atoms with E-state index in [2.05, 4.69) is 15.5 Å². The predicted octanol–water partition coefficient (Wildman–Crippen LogP) is 4.86. The van der Waals surface area contributed by atoms with Crippen LogP contribution in [0.4, 0.5) is 8.78 Å². The fourth-order valence-corrected chi connectivity index (χ4v) is 4.58. The summed E-state index contributed by atoms with van der Waals surface area (Å²) >= 11 is 5.68. The maximum atomic E-state index is 13.7. The molecular weight excluding hydrogens is 446 g/mol. The molecular formula is C24H22F2N4O2S. The van der Waals surface area contributed by atoms with E-state index < -0.39 is 6.04 Å². The second-order valence-electron chi connectivity index (χ2n) is 8.11. The van der Waals surface area contributed by atoms with Crippen molar-refractivity contribution >= 4 is 22.9 Å². The van der Waals surface area contributed by atoms with E-state index in [1.807, 2.05) is 11.8 Å². The maximum Gasteiger partial charge on any atom is 0.258 e. The van der Waals surface area contributed by atoms with Gasteiger partial charge in [0.1, 0.15) is 11.6 Å². The van der Waals surface area contributed by atoms with Crippen molar-refractivity contribution in [1.82, 2.24) is 20.4 Å². The van der Waals surface area contributed by atoms with E-state index in [9.17, 15) is 8.78 Å². The highest BCUT2D eigenvalue weighted by molar-refractivity contribution is 7.80. The third-order valence-corrected chi connectivity index (χ3v) is 6.29. The first kappa shape index (κ1) is 21.7. The van der Waals surface area contributed by atoms with Gasteiger partial charge in [-0.1, -0.05) is 29.4 Å². The monoisotopic (exact) mass is 468 g/mol. The number of ether oxygens (including phenoxy) is 1. The first-order valence-electron chi connectivity index (χ1n) is 10.8. The molecule has 2 atom stereocenters. The zero-order valence-electron chi connectivity index (χ0n) is 17.9. The van der Waals surface area contributed by atoms with Crippen molar-refractivity contribution in [3.8, 4) is 11.4 Å². The SMILES string of the molecule is CC1=C(c2nc(-c3cccc(F)c3)no2)C(c2ccc(F)cc2)NC(=S)N1CC1CCCO1. The van der Waals surface area contributed by atoms with Crippen LogP contribution in [-0.2, 0) is 4.74 Å². The summed E-state index contributed by atoms with van der Waals surface area (Å²) < 4.78 is 38.8. The first-order valence-corrected chi connectivity index (χ1v) is 11.2. The van der Waals surface area contributed by atoms with Gasteiger partial charge in [0.05, 0.1) is 24.3 Å². The fourth-order valence-electron chi connectivity index (χ4n) is 4.25. The van der Waals surface area contributed by atoms with Gasteiger partial charge in [0.15, 0.2) is 5.11 Å². The number of halogens is 2. The van der Waals surface area contributed by atoms with Crippen LogP contribution < -0.4 is 5.32 Å². The molecule has 3 aromatic rings. The van der Waals surface area contributed by atoms with Gasteiger partial charge in [-0.2, -0.15) is 4.98 Å². The normalized spacial score (nSPS) is 20.9. The minimum atomic E-state index is -0.417. The summed E-state index contributed by atoms with van der Waals surface area (Å²) in [6.45, 7) is 3.29. The molecule has 170 valence electrons. The molecule has 2 unspecified atom stereocenters. The van der Waals surface area contributed by atoms with Gasteiger partial charge in [0, 0.05) is 17.9 Å². The summed E-state index contributed by atoms with van der Waals surface area (Å²) in [4.78, 5) is 6.54. The van der Waals surface area contributed by atoms with Gasteiger partial charge in [0.25, 0.3) is 5.89 Å². The smallest absolute Gasteiger partial charge is 0.258 e. The molecule has 6 nitrogen and oxygen atoms in total.